The molecule has 0 radical (unpaired) electrons. The van der Waals surface area contributed by atoms with Gasteiger partial charge in [0.05, 0.1) is 12.7 Å². The predicted molar refractivity (Wildman–Crippen MR) is 102 cm³/mol. The lowest BCUT2D eigenvalue weighted by Gasteiger charge is -2.33. The smallest absolute Gasteiger partial charge is 0.108 e. The van der Waals surface area contributed by atoms with Crippen LogP contribution in [0.3, 0.4) is 0 Å². The van der Waals surface area contributed by atoms with Gasteiger partial charge in [0.25, 0.3) is 0 Å². The van der Waals surface area contributed by atoms with Crippen LogP contribution < -0.4 is 0 Å². The van der Waals surface area contributed by atoms with E-state index >= 15 is 0 Å². The van der Waals surface area contributed by atoms with E-state index < -0.39 is 0 Å². The van der Waals surface area contributed by atoms with Crippen molar-refractivity contribution in [1.29, 1.82) is 0 Å². The molecule has 0 saturated carbocycles. The van der Waals surface area contributed by atoms with Crippen LogP contribution in [-0.2, 0) is 4.74 Å². The molecule has 0 bridgehead atoms. The van der Waals surface area contributed by atoms with E-state index in [0.717, 1.165) is 32.5 Å². The number of likely N-dealkylation sites (tertiary alicyclic amines) is 1. The molecule has 3 rings (SSSR count). The van der Waals surface area contributed by atoms with Crippen molar-refractivity contribution in [2.24, 2.45) is 5.92 Å². The van der Waals surface area contributed by atoms with E-state index in [2.05, 4.69) is 53.4 Å². The van der Waals surface area contributed by atoms with Crippen molar-refractivity contribution in [3.8, 4) is 0 Å². The van der Waals surface area contributed by atoms with Gasteiger partial charge in [0.15, 0.2) is 0 Å². The van der Waals surface area contributed by atoms with E-state index in [4.69, 9.17) is 4.74 Å². The van der Waals surface area contributed by atoms with Crippen LogP contribution in [0, 0.1) is 5.92 Å². The molecule has 0 spiro atoms. The Bertz CT molecular complexity index is 567. The Labute approximate surface area is 151 Å². The molecule has 1 unspecified atom stereocenters. The molecule has 3 heteroatoms. The van der Waals surface area contributed by atoms with E-state index in [1.807, 2.05) is 19.1 Å². The Kier molecular flexibility index (Phi) is 6.62. The summed E-state index contributed by atoms with van der Waals surface area (Å²) in [6.45, 7) is 5.69. The normalized spacial score (nSPS) is 17.7. The topological polar surface area (TPSA) is 32.7 Å². The van der Waals surface area contributed by atoms with Crippen LogP contribution in [0.1, 0.15) is 37.0 Å². The minimum atomic E-state index is -0.182. The van der Waals surface area contributed by atoms with Crippen LogP contribution >= 0.6 is 0 Å². The highest BCUT2D eigenvalue weighted by molar-refractivity contribution is 5.29. The zero-order chi connectivity index (χ0) is 17.5. The minimum absolute atomic E-state index is 0.0163. The van der Waals surface area contributed by atoms with Gasteiger partial charge in [-0.3, -0.25) is 0 Å². The molecule has 1 fully saturated rings. The Hall–Kier alpha value is -1.68. The zero-order valence-corrected chi connectivity index (χ0v) is 15.1. The van der Waals surface area contributed by atoms with E-state index in [1.54, 1.807) is 0 Å². The molecule has 134 valence electrons. The SMILES string of the molecule is CC(O)C1CCN(CCOC(c2ccccc2)c2ccccc2)CC1. The highest BCUT2D eigenvalue weighted by atomic mass is 16.5. The van der Waals surface area contributed by atoms with Crippen molar-refractivity contribution in [2.75, 3.05) is 26.2 Å². The molecular weight excluding hydrogens is 310 g/mol. The van der Waals surface area contributed by atoms with Crippen molar-refractivity contribution in [3.63, 3.8) is 0 Å². The van der Waals surface area contributed by atoms with Gasteiger partial charge < -0.3 is 14.7 Å². The maximum absolute atomic E-state index is 9.72. The summed E-state index contributed by atoms with van der Waals surface area (Å²) >= 11 is 0. The first-order chi connectivity index (χ1) is 12.2. The third kappa shape index (κ3) is 5.15. The molecular formula is C22H29NO2. The molecule has 2 aromatic rings. The molecule has 0 aliphatic carbocycles. The number of ether oxygens (including phenoxy) is 1. The Balaban J connectivity index is 1.55. The van der Waals surface area contributed by atoms with Crippen molar-refractivity contribution >= 4 is 0 Å². The number of piperidine rings is 1. The predicted octanol–water partition coefficient (Wildman–Crippen LogP) is 3.89. The van der Waals surface area contributed by atoms with Gasteiger partial charge in [-0.15, -0.1) is 0 Å². The van der Waals surface area contributed by atoms with Crippen LogP contribution in [-0.4, -0.2) is 42.4 Å². The van der Waals surface area contributed by atoms with Gasteiger partial charge in [0.2, 0.25) is 0 Å². The molecule has 3 nitrogen and oxygen atoms in total. The molecule has 25 heavy (non-hydrogen) atoms. The van der Waals surface area contributed by atoms with Gasteiger partial charge >= 0.3 is 0 Å². The number of rotatable bonds is 7. The number of benzene rings is 2. The summed E-state index contributed by atoms with van der Waals surface area (Å²) in [5.41, 5.74) is 2.39. The molecule has 1 heterocycles. The second kappa shape index (κ2) is 9.14. The van der Waals surface area contributed by atoms with Gasteiger partial charge in [0.1, 0.15) is 6.10 Å². The average molecular weight is 339 g/mol. The fourth-order valence-corrected chi connectivity index (χ4v) is 3.60. The van der Waals surface area contributed by atoms with Gasteiger partial charge in [0, 0.05) is 6.54 Å². The van der Waals surface area contributed by atoms with E-state index in [1.165, 1.54) is 11.1 Å². The molecule has 0 amide bonds. The summed E-state index contributed by atoms with van der Waals surface area (Å²) in [6, 6.07) is 20.9. The van der Waals surface area contributed by atoms with E-state index in [0.29, 0.717) is 12.5 Å². The summed E-state index contributed by atoms with van der Waals surface area (Å²) < 4.78 is 6.30. The first-order valence-electron chi connectivity index (χ1n) is 9.36. The van der Waals surface area contributed by atoms with E-state index in [9.17, 15) is 5.11 Å². The second-order valence-corrected chi connectivity index (χ2v) is 6.99. The molecule has 1 aliphatic rings. The van der Waals surface area contributed by atoms with Crippen LogP contribution in [0.2, 0.25) is 0 Å². The quantitative estimate of drug-likeness (QED) is 0.831. The largest absolute Gasteiger partial charge is 0.393 e. The van der Waals surface area contributed by atoms with Crippen LogP contribution in [0.5, 0.6) is 0 Å². The number of hydrogen-bond donors (Lipinski definition) is 1. The van der Waals surface area contributed by atoms with Crippen molar-refractivity contribution < 1.29 is 9.84 Å². The summed E-state index contributed by atoms with van der Waals surface area (Å²) in [4.78, 5) is 2.45. The Morgan fingerprint density at radius 3 is 1.96 bits per heavy atom. The maximum atomic E-state index is 9.72. The van der Waals surface area contributed by atoms with Crippen LogP contribution in [0.4, 0.5) is 0 Å². The van der Waals surface area contributed by atoms with Crippen LogP contribution in [0.25, 0.3) is 0 Å². The first kappa shape index (κ1) is 18.1. The summed E-state index contributed by atoms with van der Waals surface area (Å²) in [5, 5.41) is 9.72. The average Bonchev–Trinajstić information content (AvgIpc) is 2.67. The number of hydrogen-bond acceptors (Lipinski definition) is 3. The fourth-order valence-electron chi connectivity index (χ4n) is 3.60. The molecule has 2 aromatic carbocycles. The molecule has 1 N–H and O–H groups in total. The van der Waals surface area contributed by atoms with Gasteiger partial charge in [-0.05, 0) is 49.9 Å². The number of aliphatic hydroxyl groups excluding tert-OH is 1. The summed E-state index contributed by atoms with van der Waals surface area (Å²) in [7, 11) is 0. The zero-order valence-electron chi connectivity index (χ0n) is 15.1. The van der Waals surface area contributed by atoms with Crippen LogP contribution in [0.15, 0.2) is 60.7 Å². The Morgan fingerprint density at radius 2 is 1.48 bits per heavy atom. The third-order valence-corrected chi connectivity index (χ3v) is 5.21. The van der Waals surface area contributed by atoms with E-state index in [-0.39, 0.29) is 12.2 Å². The molecule has 1 atom stereocenters. The summed E-state index contributed by atoms with van der Waals surface area (Å²) in [5.74, 6) is 0.457. The Morgan fingerprint density at radius 1 is 0.960 bits per heavy atom. The lowest BCUT2D eigenvalue weighted by atomic mass is 9.92. The maximum Gasteiger partial charge on any atom is 0.108 e. The standard InChI is InChI=1S/C22H29NO2/c1-18(24)19-12-14-23(15-13-19)16-17-25-22(20-8-4-2-5-9-20)21-10-6-3-7-11-21/h2-11,18-19,22,24H,12-17H2,1H3. The third-order valence-electron chi connectivity index (χ3n) is 5.21. The number of nitrogens with zero attached hydrogens (tertiary/aromatic N) is 1. The molecule has 1 saturated heterocycles. The monoisotopic (exact) mass is 339 g/mol. The highest BCUT2D eigenvalue weighted by Crippen LogP contribution is 2.26. The fraction of sp³-hybridized carbons (Fsp3) is 0.455. The minimum Gasteiger partial charge on any atom is -0.393 e. The lowest BCUT2D eigenvalue weighted by molar-refractivity contribution is 0.0354. The second-order valence-electron chi connectivity index (χ2n) is 6.99. The van der Waals surface area contributed by atoms with Crippen molar-refractivity contribution in [1.82, 2.24) is 4.90 Å². The summed E-state index contributed by atoms with van der Waals surface area (Å²) in [6.07, 6.45) is 1.97. The van der Waals surface area contributed by atoms with Gasteiger partial charge in [-0.2, -0.15) is 0 Å². The van der Waals surface area contributed by atoms with Gasteiger partial charge in [-0.25, -0.2) is 0 Å². The van der Waals surface area contributed by atoms with Gasteiger partial charge in [-0.1, -0.05) is 60.7 Å². The number of aliphatic hydroxyl groups is 1. The first-order valence-corrected chi connectivity index (χ1v) is 9.36. The van der Waals surface area contributed by atoms with Crippen molar-refractivity contribution in [2.45, 2.75) is 32.0 Å². The van der Waals surface area contributed by atoms with Crippen molar-refractivity contribution in [3.05, 3.63) is 71.8 Å². The lowest BCUT2D eigenvalue weighted by Crippen LogP contribution is -2.38. The molecule has 0 aromatic heterocycles. The highest BCUT2D eigenvalue weighted by Gasteiger charge is 2.22. The molecule has 1 aliphatic heterocycles.